The molecule has 0 N–H and O–H groups in total. The molecule has 0 aliphatic rings. The molecule has 0 heterocycles. The first kappa shape index (κ1) is 10.4. The Labute approximate surface area is 67.3 Å². The smallest absolute Gasteiger partial charge is 0.266 e. The summed E-state index contributed by atoms with van der Waals surface area (Å²) in [6, 6.07) is 0. The molecule has 1 unspecified atom stereocenters. The fourth-order valence-electron chi connectivity index (χ4n) is 1.01. The minimum absolute atomic E-state index is 0.188. The van der Waals surface area contributed by atoms with Gasteiger partial charge in [-0.05, 0) is 12.8 Å². The number of carbonyl (C=O) groups excluding carboxylic acids is 1. The van der Waals surface area contributed by atoms with Crippen LogP contribution < -0.4 is 0 Å². The Balaban J connectivity index is 3.65. The van der Waals surface area contributed by atoms with Crippen LogP contribution in [0.4, 0.5) is 0 Å². The van der Waals surface area contributed by atoms with Crippen molar-refractivity contribution in [2.45, 2.75) is 39.5 Å². The lowest BCUT2D eigenvalue weighted by Gasteiger charge is -2.07. The number of hydrogen-bond donors (Lipinski definition) is 0. The average molecular weight is 159 g/mol. The van der Waals surface area contributed by atoms with Crippen LogP contribution in [0.15, 0.2) is 0 Å². The third kappa shape index (κ3) is 3.98. The van der Waals surface area contributed by atoms with Crippen molar-refractivity contribution in [3.8, 4) is 0 Å². The second-order valence-electron chi connectivity index (χ2n) is 2.65. The van der Waals surface area contributed by atoms with Crippen LogP contribution in [0.2, 0.25) is 0 Å². The third-order valence-electron chi connectivity index (χ3n) is 1.81. The van der Waals surface area contributed by atoms with Crippen molar-refractivity contribution in [1.29, 1.82) is 0 Å². The summed E-state index contributed by atoms with van der Waals surface area (Å²) in [6.45, 7) is 3.94. The molecule has 0 saturated heterocycles. The quantitative estimate of drug-likeness (QED) is 0.455. The molecule has 3 nitrogen and oxygen atoms in total. The summed E-state index contributed by atoms with van der Waals surface area (Å²) in [4.78, 5) is 14.1. The molecule has 0 spiro atoms. The van der Waals surface area contributed by atoms with Gasteiger partial charge in [-0.25, -0.2) is 4.79 Å². The monoisotopic (exact) mass is 159 g/mol. The summed E-state index contributed by atoms with van der Waals surface area (Å²) in [7, 11) is 0. The van der Waals surface area contributed by atoms with Gasteiger partial charge in [-0.3, -0.25) is 4.89 Å². The molecule has 65 valence electrons. The second kappa shape index (κ2) is 6.16. The van der Waals surface area contributed by atoms with Crippen LogP contribution in [-0.4, -0.2) is 5.97 Å². The van der Waals surface area contributed by atoms with Gasteiger partial charge in [0.25, 0.3) is 0 Å². The van der Waals surface area contributed by atoms with E-state index in [2.05, 4.69) is 11.8 Å². The lowest BCUT2D eigenvalue weighted by Crippen LogP contribution is -2.14. The molecule has 1 atom stereocenters. The van der Waals surface area contributed by atoms with Gasteiger partial charge in [-0.15, -0.1) is 0 Å². The summed E-state index contributed by atoms with van der Waals surface area (Å²) in [5.74, 6) is -0.798. The van der Waals surface area contributed by atoms with Crippen LogP contribution in [0.5, 0.6) is 0 Å². The number of carbonyl (C=O) groups is 1. The fourth-order valence-corrected chi connectivity index (χ4v) is 1.01. The highest BCUT2D eigenvalue weighted by atomic mass is 17.1. The first-order valence-corrected chi connectivity index (χ1v) is 4.09. The summed E-state index contributed by atoms with van der Waals surface area (Å²) in [5, 5.41) is 9.74. The maximum Gasteiger partial charge on any atom is 0.348 e. The molecule has 0 fully saturated rings. The number of unbranched alkanes of at least 4 members (excludes halogenated alkanes) is 1. The van der Waals surface area contributed by atoms with E-state index in [1.807, 2.05) is 6.92 Å². The predicted molar refractivity (Wildman–Crippen MR) is 40.1 cm³/mol. The number of rotatable bonds is 5. The van der Waals surface area contributed by atoms with Crippen molar-refractivity contribution < 1.29 is 14.9 Å². The Hall–Kier alpha value is -0.570. The van der Waals surface area contributed by atoms with E-state index >= 15 is 0 Å². The van der Waals surface area contributed by atoms with Gasteiger partial charge in [0.05, 0.1) is 5.92 Å². The molecule has 0 amide bonds. The zero-order chi connectivity index (χ0) is 8.69. The average Bonchev–Trinajstić information content (AvgIpc) is 2.05. The van der Waals surface area contributed by atoms with E-state index in [9.17, 15) is 10.1 Å². The van der Waals surface area contributed by atoms with Crippen molar-refractivity contribution >= 4 is 5.97 Å². The summed E-state index contributed by atoms with van der Waals surface area (Å²) >= 11 is 0. The van der Waals surface area contributed by atoms with Crippen molar-refractivity contribution in [2.75, 3.05) is 0 Å². The first-order chi connectivity index (χ1) is 5.26. The minimum Gasteiger partial charge on any atom is -0.266 e. The highest BCUT2D eigenvalue weighted by Crippen LogP contribution is 2.13. The molecular formula is C8H15O3. The van der Waals surface area contributed by atoms with Gasteiger partial charge in [-0.2, -0.15) is 0 Å². The molecule has 0 aromatic rings. The molecule has 1 radical (unpaired) electrons. The Morgan fingerprint density at radius 3 is 2.45 bits per heavy atom. The molecule has 3 heteroatoms. The topological polar surface area (TPSA) is 46.2 Å². The Morgan fingerprint density at radius 2 is 2.09 bits per heavy atom. The van der Waals surface area contributed by atoms with Gasteiger partial charge >= 0.3 is 5.97 Å². The summed E-state index contributed by atoms with van der Waals surface area (Å²) < 4.78 is 0. The van der Waals surface area contributed by atoms with E-state index in [1.165, 1.54) is 0 Å². The Bertz CT molecular complexity index is 112. The van der Waals surface area contributed by atoms with Crippen molar-refractivity contribution in [1.82, 2.24) is 0 Å². The van der Waals surface area contributed by atoms with Crippen LogP contribution in [-0.2, 0) is 14.9 Å². The SMILES string of the molecule is CCCCC(CC)C(=O)O[O]. The third-order valence-corrected chi connectivity index (χ3v) is 1.81. The van der Waals surface area contributed by atoms with Gasteiger partial charge in [0.15, 0.2) is 0 Å². The van der Waals surface area contributed by atoms with E-state index in [4.69, 9.17) is 0 Å². The van der Waals surface area contributed by atoms with Gasteiger partial charge in [0, 0.05) is 5.26 Å². The number of hydrogen-bond acceptors (Lipinski definition) is 2. The van der Waals surface area contributed by atoms with Gasteiger partial charge < -0.3 is 0 Å². The molecule has 0 rings (SSSR count). The largest absolute Gasteiger partial charge is 0.348 e. The molecule has 0 aliphatic heterocycles. The summed E-state index contributed by atoms with van der Waals surface area (Å²) in [6.07, 6.45) is 3.49. The van der Waals surface area contributed by atoms with E-state index in [-0.39, 0.29) is 5.92 Å². The lowest BCUT2D eigenvalue weighted by atomic mass is 10.00. The Kier molecular flexibility index (Phi) is 5.84. The fraction of sp³-hybridized carbons (Fsp3) is 0.875. The molecule has 0 aromatic heterocycles. The Morgan fingerprint density at radius 1 is 1.45 bits per heavy atom. The van der Waals surface area contributed by atoms with Gasteiger partial charge in [0.2, 0.25) is 0 Å². The highest BCUT2D eigenvalue weighted by Gasteiger charge is 2.17. The van der Waals surface area contributed by atoms with Crippen LogP contribution in [0, 0.1) is 5.92 Å². The van der Waals surface area contributed by atoms with Crippen molar-refractivity contribution in [3.63, 3.8) is 0 Å². The molecule has 11 heavy (non-hydrogen) atoms. The lowest BCUT2D eigenvalue weighted by molar-refractivity contribution is -0.282. The molecular weight excluding hydrogens is 144 g/mol. The van der Waals surface area contributed by atoms with Crippen molar-refractivity contribution in [3.05, 3.63) is 0 Å². The standard InChI is InChI=1S/C8H15O3/c1-3-5-6-7(4-2)8(9)11-10/h7H,3-6H2,1-2H3. The molecule has 0 bridgehead atoms. The van der Waals surface area contributed by atoms with Crippen molar-refractivity contribution in [2.24, 2.45) is 5.92 Å². The van der Waals surface area contributed by atoms with E-state index in [0.29, 0.717) is 6.42 Å². The maximum absolute atomic E-state index is 10.7. The zero-order valence-electron chi connectivity index (χ0n) is 7.13. The second-order valence-corrected chi connectivity index (χ2v) is 2.65. The van der Waals surface area contributed by atoms with Crippen LogP contribution in [0.3, 0.4) is 0 Å². The van der Waals surface area contributed by atoms with Gasteiger partial charge in [-0.1, -0.05) is 26.7 Å². The molecule has 0 aliphatic carbocycles. The van der Waals surface area contributed by atoms with E-state index in [1.54, 1.807) is 0 Å². The van der Waals surface area contributed by atoms with E-state index < -0.39 is 5.97 Å². The van der Waals surface area contributed by atoms with Crippen LogP contribution in [0.25, 0.3) is 0 Å². The van der Waals surface area contributed by atoms with E-state index in [0.717, 1.165) is 19.3 Å². The highest BCUT2D eigenvalue weighted by molar-refractivity contribution is 5.71. The first-order valence-electron chi connectivity index (χ1n) is 4.09. The zero-order valence-corrected chi connectivity index (χ0v) is 7.13. The minimum atomic E-state index is -0.610. The van der Waals surface area contributed by atoms with Crippen LogP contribution >= 0.6 is 0 Å². The van der Waals surface area contributed by atoms with Crippen LogP contribution in [0.1, 0.15) is 39.5 Å². The van der Waals surface area contributed by atoms with Gasteiger partial charge in [0.1, 0.15) is 0 Å². The maximum atomic E-state index is 10.7. The molecule has 0 aromatic carbocycles. The summed E-state index contributed by atoms with van der Waals surface area (Å²) in [5.41, 5.74) is 0. The normalized spacial score (nSPS) is 12.6. The molecule has 0 saturated carbocycles. The predicted octanol–water partition coefficient (Wildman–Crippen LogP) is 2.09.